The average molecular weight is 268 g/mol. The van der Waals surface area contributed by atoms with E-state index in [0.717, 1.165) is 6.07 Å². The number of rotatable bonds is 4. The largest absolute Gasteiger partial charge is 0.466 e. The number of carbonyl (C=O) groups is 1. The van der Waals surface area contributed by atoms with Crippen LogP contribution < -0.4 is 0 Å². The Hall–Kier alpha value is -1.30. The van der Waals surface area contributed by atoms with Gasteiger partial charge in [0.25, 0.3) is 6.43 Å². The molecule has 0 aromatic carbocycles. The molecule has 17 heavy (non-hydrogen) atoms. The van der Waals surface area contributed by atoms with E-state index in [-0.39, 0.29) is 11.8 Å². The SMILES string of the molecule is CCOC(=O)Cc1nc(Cl)cc(C(F)F)c1F. The molecule has 0 atom stereocenters. The number of aromatic nitrogens is 1. The van der Waals surface area contributed by atoms with E-state index in [1.54, 1.807) is 6.92 Å². The van der Waals surface area contributed by atoms with Crippen LogP contribution in [0.25, 0.3) is 0 Å². The minimum atomic E-state index is -3.02. The Labute approximate surface area is 101 Å². The van der Waals surface area contributed by atoms with Crippen molar-refractivity contribution in [2.75, 3.05) is 6.61 Å². The quantitative estimate of drug-likeness (QED) is 0.622. The van der Waals surface area contributed by atoms with Crippen LogP contribution in [0.5, 0.6) is 0 Å². The molecule has 0 saturated carbocycles. The highest BCUT2D eigenvalue weighted by Crippen LogP contribution is 2.26. The van der Waals surface area contributed by atoms with Crippen LogP contribution in [0.15, 0.2) is 6.07 Å². The molecule has 1 heterocycles. The summed E-state index contributed by atoms with van der Waals surface area (Å²) in [5.74, 6) is -1.97. The van der Waals surface area contributed by atoms with Crippen LogP contribution >= 0.6 is 11.6 Å². The van der Waals surface area contributed by atoms with Crippen molar-refractivity contribution in [2.45, 2.75) is 19.8 Å². The Morgan fingerprint density at radius 1 is 1.59 bits per heavy atom. The summed E-state index contributed by atoms with van der Waals surface area (Å²) < 4.78 is 42.9. The number of pyridine rings is 1. The van der Waals surface area contributed by atoms with Crippen LogP contribution in [0.2, 0.25) is 5.15 Å². The molecule has 0 aliphatic rings. The molecule has 7 heteroatoms. The van der Waals surface area contributed by atoms with Gasteiger partial charge in [0.1, 0.15) is 5.15 Å². The van der Waals surface area contributed by atoms with E-state index < -0.39 is 35.9 Å². The van der Waals surface area contributed by atoms with Gasteiger partial charge in [-0.1, -0.05) is 11.6 Å². The van der Waals surface area contributed by atoms with E-state index in [0.29, 0.717) is 0 Å². The summed E-state index contributed by atoms with van der Waals surface area (Å²) in [7, 11) is 0. The summed E-state index contributed by atoms with van der Waals surface area (Å²) in [5.41, 5.74) is -1.31. The summed E-state index contributed by atoms with van der Waals surface area (Å²) in [4.78, 5) is 14.6. The first-order valence-electron chi connectivity index (χ1n) is 4.74. The van der Waals surface area contributed by atoms with Crippen molar-refractivity contribution in [1.82, 2.24) is 4.98 Å². The molecule has 3 nitrogen and oxygen atoms in total. The van der Waals surface area contributed by atoms with Crippen molar-refractivity contribution in [1.29, 1.82) is 0 Å². The van der Waals surface area contributed by atoms with E-state index in [1.165, 1.54) is 0 Å². The summed E-state index contributed by atoms with van der Waals surface area (Å²) >= 11 is 5.46. The zero-order valence-corrected chi connectivity index (χ0v) is 9.60. The van der Waals surface area contributed by atoms with Crippen LogP contribution in [-0.4, -0.2) is 17.6 Å². The first-order chi connectivity index (χ1) is 7.95. The first-order valence-corrected chi connectivity index (χ1v) is 5.12. The minimum absolute atomic E-state index is 0.114. The van der Waals surface area contributed by atoms with Crippen LogP contribution in [0.3, 0.4) is 0 Å². The zero-order valence-electron chi connectivity index (χ0n) is 8.84. The number of carbonyl (C=O) groups excluding carboxylic acids is 1. The molecule has 94 valence electrons. The molecule has 0 bridgehead atoms. The Bertz CT molecular complexity index is 426. The third-order valence-electron chi connectivity index (χ3n) is 1.88. The summed E-state index contributed by atoms with van der Waals surface area (Å²) in [6.07, 6.45) is -3.55. The predicted molar refractivity (Wildman–Crippen MR) is 54.5 cm³/mol. The second-order valence-corrected chi connectivity index (χ2v) is 3.46. The van der Waals surface area contributed by atoms with Gasteiger partial charge in [0, 0.05) is 0 Å². The van der Waals surface area contributed by atoms with Gasteiger partial charge in [-0.25, -0.2) is 18.2 Å². The Morgan fingerprint density at radius 3 is 2.76 bits per heavy atom. The highest BCUT2D eigenvalue weighted by Gasteiger charge is 2.21. The van der Waals surface area contributed by atoms with Gasteiger partial charge in [0.05, 0.1) is 24.3 Å². The highest BCUT2D eigenvalue weighted by molar-refractivity contribution is 6.29. The van der Waals surface area contributed by atoms with Crippen molar-refractivity contribution in [3.05, 3.63) is 28.3 Å². The maximum atomic E-state index is 13.5. The molecule has 0 N–H and O–H groups in total. The molecule has 0 aliphatic carbocycles. The fraction of sp³-hybridized carbons (Fsp3) is 0.400. The second-order valence-electron chi connectivity index (χ2n) is 3.08. The summed E-state index contributed by atoms with van der Waals surface area (Å²) in [6.45, 7) is 1.69. The lowest BCUT2D eigenvalue weighted by atomic mass is 10.2. The molecule has 0 unspecified atom stereocenters. The lowest BCUT2D eigenvalue weighted by Gasteiger charge is -2.07. The van der Waals surface area contributed by atoms with Gasteiger partial charge in [0.2, 0.25) is 0 Å². The molecule has 0 radical (unpaired) electrons. The molecular formula is C10H9ClF3NO2. The average Bonchev–Trinajstić information content (AvgIpc) is 2.22. The van der Waals surface area contributed by atoms with Crippen LogP contribution in [-0.2, 0) is 16.0 Å². The Kier molecular flexibility index (Phi) is 4.74. The molecule has 1 aromatic heterocycles. The van der Waals surface area contributed by atoms with E-state index in [2.05, 4.69) is 9.72 Å². The summed E-state index contributed by atoms with van der Waals surface area (Å²) in [6, 6.07) is 0.732. The molecule has 0 saturated heterocycles. The van der Waals surface area contributed by atoms with Crippen LogP contribution in [0.1, 0.15) is 24.6 Å². The number of alkyl halides is 2. The zero-order chi connectivity index (χ0) is 13.0. The number of halogens is 4. The smallest absolute Gasteiger partial charge is 0.311 e. The summed E-state index contributed by atoms with van der Waals surface area (Å²) in [5, 5.41) is -0.291. The van der Waals surface area contributed by atoms with Gasteiger partial charge in [-0.3, -0.25) is 4.79 Å². The van der Waals surface area contributed by atoms with Crippen molar-refractivity contribution in [3.63, 3.8) is 0 Å². The van der Waals surface area contributed by atoms with Gasteiger partial charge >= 0.3 is 5.97 Å². The van der Waals surface area contributed by atoms with Gasteiger partial charge in [-0.05, 0) is 13.0 Å². The molecule has 0 fully saturated rings. The topological polar surface area (TPSA) is 39.2 Å². The number of esters is 1. The van der Waals surface area contributed by atoms with Crippen molar-refractivity contribution >= 4 is 17.6 Å². The third-order valence-corrected chi connectivity index (χ3v) is 2.07. The van der Waals surface area contributed by atoms with Gasteiger partial charge in [-0.15, -0.1) is 0 Å². The molecular weight excluding hydrogens is 259 g/mol. The Morgan fingerprint density at radius 2 is 2.24 bits per heavy atom. The van der Waals surface area contributed by atoms with Gasteiger partial charge < -0.3 is 4.74 Å². The van der Waals surface area contributed by atoms with Crippen LogP contribution in [0, 0.1) is 5.82 Å². The molecule has 1 aromatic rings. The van der Waals surface area contributed by atoms with E-state index in [1.807, 2.05) is 0 Å². The standard InChI is InChI=1S/C10H9ClF3NO2/c1-2-17-8(16)4-6-9(12)5(10(13)14)3-7(11)15-6/h3,10H,2,4H2,1H3. The maximum absolute atomic E-state index is 13.5. The predicted octanol–water partition coefficient (Wildman–Crippen LogP) is 2.92. The lowest BCUT2D eigenvalue weighted by Crippen LogP contribution is -2.12. The second kappa shape index (κ2) is 5.86. The lowest BCUT2D eigenvalue weighted by molar-refractivity contribution is -0.142. The minimum Gasteiger partial charge on any atom is -0.466 e. The normalized spacial score (nSPS) is 10.7. The fourth-order valence-corrected chi connectivity index (χ4v) is 1.41. The number of ether oxygens (including phenoxy) is 1. The van der Waals surface area contributed by atoms with E-state index in [9.17, 15) is 18.0 Å². The number of nitrogens with zero attached hydrogens (tertiary/aromatic N) is 1. The fourth-order valence-electron chi connectivity index (χ4n) is 1.19. The van der Waals surface area contributed by atoms with Gasteiger partial charge in [0.15, 0.2) is 5.82 Å². The number of hydrogen-bond acceptors (Lipinski definition) is 3. The monoisotopic (exact) mass is 267 g/mol. The van der Waals surface area contributed by atoms with Gasteiger partial charge in [-0.2, -0.15) is 0 Å². The van der Waals surface area contributed by atoms with E-state index in [4.69, 9.17) is 11.6 Å². The van der Waals surface area contributed by atoms with Crippen molar-refractivity contribution in [3.8, 4) is 0 Å². The third kappa shape index (κ3) is 3.59. The molecule has 0 amide bonds. The van der Waals surface area contributed by atoms with Crippen molar-refractivity contribution < 1.29 is 22.7 Å². The Balaban J connectivity index is 3.03. The first kappa shape index (κ1) is 13.8. The van der Waals surface area contributed by atoms with Crippen LogP contribution in [0.4, 0.5) is 13.2 Å². The molecule has 0 aliphatic heterocycles. The number of hydrogen-bond donors (Lipinski definition) is 0. The maximum Gasteiger partial charge on any atom is 0.311 e. The van der Waals surface area contributed by atoms with Crippen molar-refractivity contribution in [2.24, 2.45) is 0 Å². The highest BCUT2D eigenvalue weighted by atomic mass is 35.5. The molecule has 0 spiro atoms. The molecule has 1 rings (SSSR count). The van der Waals surface area contributed by atoms with E-state index >= 15 is 0 Å².